The zero-order chi connectivity index (χ0) is 13.9. The lowest BCUT2D eigenvalue weighted by Gasteiger charge is -2.15. The Bertz CT molecular complexity index is 520. The Morgan fingerprint density at radius 3 is 2.50 bits per heavy atom. The maximum Gasteiger partial charge on any atom is 0.252 e. The number of carbonyl (C=O) groups excluding carboxylic acids is 1. The van der Waals surface area contributed by atoms with Crippen LogP contribution in [0.5, 0.6) is 0 Å². The van der Waals surface area contributed by atoms with E-state index >= 15 is 0 Å². The maximum atomic E-state index is 11.8. The number of amides is 1. The van der Waals surface area contributed by atoms with E-state index in [9.17, 15) is 13.2 Å². The minimum atomic E-state index is -3.72. The average Bonchev–Trinajstić information content (AvgIpc) is 2.73. The normalized spacial score (nSPS) is 13.6. The summed E-state index contributed by atoms with van der Waals surface area (Å²) in [5.74, 6) is 0.576. The highest BCUT2D eigenvalue weighted by molar-refractivity contribution is 7.91. The SMILES string of the molecule is CC(C)C(C)CNC(=O)c1csc(S(N)(=O)=O)c1. The lowest BCUT2D eigenvalue weighted by molar-refractivity contribution is 0.0945. The molecule has 1 unspecified atom stereocenters. The van der Waals surface area contributed by atoms with Crippen molar-refractivity contribution < 1.29 is 13.2 Å². The van der Waals surface area contributed by atoms with Gasteiger partial charge in [-0.2, -0.15) is 0 Å². The van der Waals surface area contributed by atoms with Crippen LogP contribution in [0.3, 0.4) is 0 Å². The van der Waals surface area contributed by atoms with Crippen LogP contribution in [0.4, 0.5) is 0 Å². The van der Waals surface area contributed by atoms with Crippen molar-refractivity contribution in [3.63, 3.8) is 0 Å². The minimum absolute atomic E-state index is 0.00422. The first-order chi connectivity index (χ1) is 8.21. The molecular weight excluding hydrogens is 272 g/mol. The van der Waals surface area contributed by atoms with E-state index in [0.717, 1.165) is 11.3 Å². The standard InChI is InChI=1S/C11H18N2O3S2/c1-7(2)8(3)5-13-11(14)9-4-10(17-6-9)18(12,15)16/h4,6-8H,5H2,1-3H3,(H,13,14)(H2,12,15,16). The van der Waals surface area contributed by atoms with Gasteiger partial charge in [-0.25, -0.2) is 13.6 Å². The van der Waals surface area contributed by atoms with Gasteiger partial charge in [-0.1, -0.05) is 20.8 Å². The van der Waals surface area contributed by atoms with Crippen molar-refractivity contribution >= 4 is 27.3 Å². The van der Waals surface area contributed by atoms with Crippen LogP contribution in [0.25, 0.3) is 0 Å². The summed E-state index contributed by atoms with van der Waals surface area (Å²) in [5, 5.41) is 9.26. The molecule has 0 fully saturated rings. The molecule has 1 amide bonds. The molecule has 0 radical (unpaired) electrons. The quantitative estimate of drug-likeness (QED) is 0.859. The molecule has 7 heteroatoms. The van der Waals surface area contributed by atoms with Crippen LogP contribution in [0, 0.1) is 11.8 Å². The second-order valence-electron chi connectivity index (χ2n) is 4.63. The van der Waals surface area contributed by atoms with Crippen molar-refractivity contribution in [1.82, 2.24) is 5.32 Å². The van der Waals surface area contributed by atoms with Crippen LogP contribution < -0.4 is 10.5 Å². The zero-order valence-corrected chi connectivity index (χ0v) is 12.3. The van der Waals surface area contributed by atoms with Crippen molar-refractivity contribution in [3.05, 3.63) is 17.0 Å². The first kappa shape index (κ1) is 15.1. The van der Waals surface area contributed by atoms with E-state index in [1.54, 1.807) is 0 Å². The van der Waals surface area contributed by atoms with Crippen LogP contribution in [-0.4, -0.2) is 20.9 Å². The third kappa shape index (κ3) is 4.08. The molecule has 0 aliphatic carbocycles. The molecule has 0 aliphatic heterocycles. The number of carbonyl (C=O) groups is 1. The van der Waals surface area contributed by atoms with Crippen LogP contribution in [-0.2, 0) is 10.0 Å². The summed E-state index contributed by atoms with van der Waals surface area (Å²) in [4.78, 5) is 11.8. The van der Waals surface area contributed by atoms with Crippen molar-refractivity contribution in [2.75, 3.05) is 6.54 Å². The smallest absolute Gasteiger partial charge is 0.252 e. The molecule has 18 heavy (non-hydrogen) atoms. The fourth-order valence-electron chi connectivity index (χ4n) is 1.18. The molecule has 0 aromatic carbocycles. The van der Waals surface area contributed by atoms with E-state index in [-0.39, 0.29) is 10.1 Å². The van der Waals surface area contributed by atoms with Gasteiger partial charge in [-0.15, -0.1) is 11.3 Å². The molecule has 0 bridgehead atoms. The Labute approximate surface area is 111 Å². The first-order valence-electron chi connectivity index (χ1n) is 5.61. The fourth-order valence-corrected chi connectivity index (χ4v) is 2.76. The summed E-state index contributed by atoms with van der Waals surface area (Å²) in [5.41, 5.74) is 0.333. The van der Waals surface area contributed by atoms with Crippen LogP contribution in [0.1, 0.15) is 31.1 Å². The number of sulfonamides is 1. The van der Waals surface area contributed by atoms with Gasteiger partial charge >= 0.3 is 0 Å². The van der Waals surface area contributed by atoms with Crippen molar-refractivity contribution in [3.8, 4) is 0 Å². The van der Waals surface area contributed by atoms with Crippen LogP contribution in [0.15, 0.2) is 15.7 Å². The number of rotatable bonds is 5. The molecule has 1 atom stereocenters. The number of hydrogen-bond donors (Lipinski definition) is 2. The topological polar surface area (TPSA) is 89.3 Å². The third-order valence-electron chi connectivity index (χ3n) is 2.84. The van der Waals surface area contributed by atoms with Crippen molar-refractivity contribution in [1.29, 1.82) is 0 Å². The summed E-state index contributed by atoms with van der Waals surface area (Å²) in [6.45, 7) is 6.78. The summed E-state index contributed by atoms with van der Waals surface area (Å²) in [6, 6.07) is 1.30. The summed E-state index contributed by atoms with van der Waals surface area (Å²) in [7, 11) is -3.72. The summed E-state index contributed by atoms with van der Waals surface area (Å²) in [6.07, 6.45) is 0. The third-order valence-corrected chi connectivity index (χ3v) is 5.23. The number of primary sulfonamides is 1. The monoisotopic (exact) mass is 290 g/mol. The van der Waals surface area contributed by atoms with Gasteiger partial charge in [0.05, 0.1) is 5.56 Å². The molecule has 1 heterocycles. The molecule has 0 saturated heterocycles. The Morgan fingerprint density at radius 2 is 2.06 bits per heavy atom. The fraction of sp³-hybridized carbons (Fsp3) is 0.545. The number of thiophene rings is 1. The van der Waals surface area contributed by atoms with E-state index in [0.29, 0.717) is 23.9 Å². The highest BCUT2D eigenvalue weighted by atomic mass is 32.2. The van der Waals surface area contributed by atoms with Gasteiger partial charge in [0, 0.05) is 11.9 Å². The second-order valence-corrected chi connectivity index (χ2v) is 7.33. The molecule has 0 aliphatic rings. The average molecular weight is 290 g/mol. The van der Waals surface area contributed by atoms with Gasteiger partial charge in [0.2, 0.25) is 10.0 Å². The Balaban J connectivity index is 2.66. The maximum absolute atomic E-state index is 11.8. The van der Waals surface area contributed by atoms with Crippen LogP contribution in [0.2, 0.25) is 0 Å². The molecule has 5 nitrogen and oxygen atoms in total. The van der Waals surface area contributed by atoms with Gasteiger partial charge in [0.1, 0.15) is 4.21 Å². The number of nitrogens with two attached hydrogens (primary N) is 1. The van der Waals surface area contributed by atoms with E-state index in [1.807, 2.05) is 6.92 Å². The van der Waals surface area contributed by atoms with Gasteiger partial charge in [-0.3, -0.25) is 4.79 Å². The predicted octanol–water partition coefficient (Wildman–Crippen LogP) is 1.42. The molecule has 1 aromatic heterocycles. The molecular formula is C11H18N2O3S2. The molecule has 0 spiro atoms. The Kier molecular flexibility index (Phi) is 4.89. The van der Waals surface area contributed by atoms with Gasteiger partial charge < -0.3 is 5.32 Å². The van der Waals surface area contributed by atoms with E-state index in [1.165, 1.54) is 11.4 Å². The predicted molar refractivity (Wildman–Crippen MR) is 72.0 cm³/mol. The highest BCUT2D eigenvalue weighted by Gasteiger charge is 2.16. The zero-order valence-electron chi connectivity index (χ0n) is 10.6. The van der Waals surface area contributed by atoms with Crippen molar-refractivity contribution in [2.24, 2.45) is 17.0 Å². The summed E-state index contributed by atoms with van der Waals surface area (Å²) < 4.78 is 22.2. The Hall–Kier alpha value is -0.920. The molecule has 0 saturated carbocycles. The minimum Gasteiger partial charge on any atom is -0.352 e. The molecule has 1 aromatic rings. The number of hydrogen-bond acceptors (Lipinski definition) is 4. The first-order valence-corrected chi connectivity index (χ1v) is 8.04. The van der Waals surface area contributed by atoms with E-state index in [4.69, 9.17) is 5.14 Å². The molecule has 3 N–H and O–H groups in total. The lowest BCUT2D eigenvalue weighted by atomic mass is 9.98. The lowest BCUT2D eigenvalue weighted by Crippen LogP contribution is -2.29. The Morgan fingerprint density at radius 1 is 1.44 bits per heavy atom. The summed E-state index contributed by atoms with van der Waals surface area (Å²) >= 11 is 0.952. The van der Waals surface area contributed by atoms with Gasteiger partial charge in [0.15, 0.2) is 0 Å². The second kappa shape index (κ2) is 5.81. The molecule has 102 valence electrons. The van der Waals surface area contributed by atoms with Gasteiger partial charge in [-0.05, 0) is 17.9 Å². The largest absolute Gasteiger partial charge is 0.352 e. The number of nitrogens with one attached hydrogen (secondary N) is 1. The molecule has 1 rings (SSSR count). The van der Waals surface area contributed by atoms with Gasteiger partial charge in [0.25, 0.3) is 5.91 Å². The highest BCUT2D eigenvalue weighted by Crippen LogP contribution is 2.18. The van der Waals surface area contributed by atoms with E-state index in [2.05, 4.69) is 19.2 Å². The van der Waals surface area contributed by atoms with E-state index < -0.39 is 10.0 Å². The van der Waals surface area contributed by atoms with Crippen molar-refractivity contribution in [2.45, 2.75) is 25.0 Å². The van der Waals surface area contributed by atoms with Crippen LogP contribution >= 0.6 is 11.3 Å².